The largest absolute Gasteiger partial charge is 0.322 e. The molecule has 6 heteroatoms. The Balaban J connectivity index is 2.19. The van der Waals surface area contributed by atoms with E-state index in [-0.39, 0.29) is 11.3 Å². The number of sulfone groups is 1. The Morgan fingerprint density at radius 3 is 2.65 bits per heavy atom. The summed E-state index contributed by atoms with van der Waals surface area (Å²) in [5.41, 5.74) is 1.57. The van der Waals surface area contributed by atoms with E-state index in [1.165, 1.54) is 12.3 Å². The average molecular weight is 314 g/mol. The fraction of sp³-hybridized carbons (Fsp3) is 0.357. The highest BCUT2D eigenvalue weighted by Gasteiger charge is 2.06. The Morgan fingerprint density at radius 2 is 1.95 bits per heavy atom. The fourth-order valence-corrected chi connectivity index (χ4v) is 3.16. The second kappa shape index (κ2) is 5.97. The molecule has 4 nitrogen and oxygen atoms in total. The molecule has 0 saturated carbocycles. The fourth-order valence-electron chi connectivity index (χ4n) is 2.19. The number of aryl methyl sites for hydroxylation is 1. The van der Waals surface area contributed by atoms with Gasteiger partial charge in [0.1, 0.15) is 9.84 Å². The van der Waals surface area contributed by atoms with Gasteiger partial charge in [-0.1, -0.05) is 11.6 Å². The highest BCUT2D eigenvalue weighted by atomic mass is 35.5. The van der Waals surface area contributed by atoms with Gasteiger partial charge in [0.15, 0.2) is 0 Å². The number of hydrogen-bond donors (Lipinski definition) is 1. The zero-order valence-corrected chi connectivity index (χ0v) is 12.7. The van der Waals surface area contributed by atoms with E-state index in [1.54, 1.807) is 12.1 Å². The van der Waals surface area contributed by atoms with Crippen molar-refractivity contribution in [3.63, 3.8) is 0 Å². The first-order valence-electron chi connectivity index (χ1n) is 6.34. The van der Waals surface area contributed by atoms with Gasteiger partial charge in [-0.2, -0.15) is 0 Å². The molecule has 0 atom stereocenters. The third-order valence-corrected chi connectivity index (χ3v) is 4.35. The number of H-pyrrole nitrogens is 1. The summed E-state index contributed by atoms with van der Waals surface area (Å²) < 4.78 is 22.2. The first-order valence-corrected chi connectivity index (χ1v) is 8.78. The number of unbranched alkanes of at least 4 members (excludes halogenated alkanes) is 1. The molecule has 1 aromatic heterocycles. The average Bonchev–Trinajstić information content (AvgIpc) is 2.32. The Bertz CT molecular complexity index is 781. The van der Waals surface area contributed by atoms with Gasteiger partial charge in [-0.25, -0.2) is 8.42 Å². The molecule has 2 aromatic rings. The van der Waals surface area contributed by atoms with Crippen molar-refractivity contribution in [1.82, 2.24) is 4.98 Å². The van der Waals surface area contributed by atoms with E-state index >= 15 is 0 Å². The maximum Gasteiger partial charge on any atom is 0.248 e. The quantitative estimate of drug-likeness (QED) is 0.863. The monoisotopic (exact) mass is 313 g/mol. The van der Waals surface area contributed by atoms with Gasteiger partial charge in [0.25, 0.3) is 0 Å². The van der Waals surface area contributed by atoms with Crippen LogP contribution in [0, 0.1) is 0 Å². The van der Waals surface area contributed by atoms with Crippen LogP contribution in [0.5, 0.6) is 0 Å². The number of pyridine rings is 1. The standard InChI is InChI=1S/C14H16ClNO3S/c1-20(18,19)7-3-2-4-10-8-11(15)9-13-12(10)5-6-14(17)16-13/h5-6,8-9H,2-4,7H2,1H3,(H,16,17). The van der Waals surface area contributed by atoms with Crippen LogP contribution in [0.2, 0.25) is 5.02 Å². The molecule has 0 amide bonds. The van der Waals surface area contributed by atoms with E-state index in [0.717, 1.165) is 23.8 Å². The van der Waals surface area contributed by atoms with Crippen LogP contribution in [0.1, 0.15) is 18.4 Å². The zero-order valence-electron chi connectivity index (χ0n) is 11.1. The second-order valence-corrected chi connectivity index (χ2v) is 7.63. The SMILES string of the molecule is CS(=O)(=O)CCCCc1cc(Cl)cc2[nH]c(=O)ccc12. The number of fused-ring (bicyclic) bond motifs is 1. The lowest BCUT2D eigenvalue weighted by Crippen LogP contribution is -2.05. The van der Waals surface area contributed by atoms with Crippen LogP contribution < -0.4 is 5.56 Å². The molecule has 108 valence electrons. The number of benzene rings is 1. The maximum atomic E-state index is 11.3. The first kappa shape index (κ1) is 15.1. The minimum atomic E-state index is -2.91. The summed E-state index contributed by atoms with van der Waals surface area (Å²) in [5.74, 6) is 0.197. The van der Waals surface area contributed by atoms with Crippen LogP contribution in [0.3, 0.4) is 0 Å². The van der Waals surface area contributed by atoms with Gasteiger partial charge in [0, 0.05) is 28.5 Å². The van der Waals surface area contributed by atoms with E-state index in [1.807, 2.05) is 6.07 Å². The molecule has 1 heterocycles. The van der Waals surface area contributed by atoms with Gasteiger partial charge in [-0.15, -0.1) is 0 Å². The summed E-state index contributed by atoms with van der Waals surface area (Å²) in [6.45, 7) is 0. The Hall–Kier alpha value is -1.33. The molecular formula is C14H16ClNO3S. The van der Waals surface area contributed by atoms with Crippen LogP contribution in [-0.4, -0.2) is 25.4 Å². The van der Waals surface area contributed by atoms with E-state index < -0.39 is 9.84 Å². The number of rotatable bonds is 5. The molecule has 0 radical (unpaired) electrons. The third-order valence-electron chi connectivity index (χ3n) is 3.10. The van der Waals surface area contributed by atoms with Crippen molar-refractivity contribution in [2.75, 3.05) is 12.0 Å². The summed E-state index contributed by atoms with van der Waals surface area (Å²) in [4.78, 5) is 14.1. The molecule has 1 N–H and O–H groups in total. The molecule has 0 saturated heterocycles. The summed E-state index contributed by atoms with van der Waals surface area (Å²) in [5, 5.41) is 1.52. The summed E-state index contributed by atoms with van der Waals surface area (Å²) in [6.07, 6.45) is 3.36. The zero-order chi connectivity index (χ0) is 14.8. The van der Waals surface area contributed by atoms with Crippen LogP contribution >= 0.6 is 11.6 Å². The van der Waals surface area contributed by atoms with Crippen molar-refractivity contribution in [3.8, 4) is 0 Å². The minimum Gasteiger partial charge on any atom is -0.322 e. The minimum absolute atomic E-state index is 0.164. The number of hydrogen-bond acceptors (Lipinski definition) is 3. The Labute approximate surface area is 122 Å². The normalized spacial score (nSPS) is 11.9. The number of nitrogens with one attached hydrogen (secondary N) is 1. The highest BCUT2D eigenvalue weighted by molar-refractivity contribution is 7.90. The topological polar surface area (TPSA) is 67.0 Å². The molecule has 20 heavy (non-hydrogen) atoms. The van der Waals surface area contributed by atoms with Crippen LogP contribution in [0.25, 0.3) is 10.9 Å². The molecule has 1 aromatic carbocycles. The van der Waals surface area contributed by atoms with Gasteiger partial charge in [0.05, 0.1) is 5.52 Å². The lowest BCUT2D eigenvalue weighted by Gasteiger charge is -2.07. The third kappa shape index (κ3) is 4.08. The van der Waals surface area contributed by atoms with Crippen molar-refractivity contribution >= 4 is 32.3 Å². The number of aromatic nitrogens is 1. The summed E-state index contributed by atoms with van der Waals surface area (Å²) >= 11 is 6.04. The van der Waals surface area contributed by atoms with Crippen LogP contribution in [-0.2, 0) is 16.3 Å². The van der Waals surface area contributed by atoms with Crippen LogP contribution in [0.4, 0.5) is 0 Å². The molecule has 0 spiro atoms. The number of halogens is 1. The van der Waals surface area contributed by atoms with Gasteiger partial charge >= 0.3 is 0 Å². The van der Waals surface area contributed by atoms with Gasteiger partial charge in [0.2, 0.25) is 5.56 Å². The molecule has 0 aliphatic rings. The second-order valence-electron chi connectivity index (χ2n) is 4.94. The van der Waals surface area contributed by atoms with Gasteiger partial charge in [-0.3, -0.25) is 4.79 Å². The van der Waals surface area contributed by atoms with Crippen molar-refractivity contribution in [2.45, 2.75) is 19.3 Å². The molecule has 0 bridgehead atoms. The molecule has 0 fully saturated rings. The predicted molar refractivity (Wildman–Crippen MR) is 82.2 cm³/mol. The van der Waals surface area contributed by atoms with Crippen molar-refractivity contribution in [2.24, 2.45) is 0 Å². The highest BCUT2D eigenvalue weighted by Crippen LogP contribution is 2.23. The van der Waals surface area contributed by atoms with Gasteiger partial charge < -0.3 is 4.98 Å². The lowest BCUT2D eigenvalue weighted by molar-refractivity contribution is 0.597. The van der Waals surface area contributed by atoms with E-state index in [2.05, 4.69) is 4.98 Å². The maximum absolute atomic E-state index is 11.3. The summed E-state index contributed by atoms with van der Waals surface area (Å²) in [6, 6.07) is 6.84. The Kier molecular flexibility index (Phi) is 4.50. The van der Waals surface area contributed by atoms with Crippen molar-refractivity contribution in [1.29, 1.82) is 0 Å². The Morgan fingerprint density at radius 1 is 1.20 bits per heavy atom. The predicted octanol–water partition coefficient (Wildman–Crippen LogP) is 2.55. The van der Waals surface area contributed by atoms with E-state index in [0.29, 0.717) is 17.0 Å². The molecule has 0 unspecified atom stereocenters. The molecule has 2 rings (SSSR count). The molecular weight excluding hydrogens is 298 g/mol. The smallest absolute Gasteiger partial charge is 0.248 e. The van der Waals surface area contributed by atoms with Crippen LogP contribution in [0.15, 0.2) is 29.1 Å². The first-order chi connectivity index (χ1) is 9.35. The number of aromatic amines is 1. The molecule has 0 aliphatic heterocycles. The van der Waals surface area contributed by atoms with Gasteiger partial charge in [-0.05, 0) is 43.0 Å². The van der Waals surface area contributed by atoms with E-state index in [9.17, 15) is 13.2 Å². The summed E-state index contributed by atoms with van der Waals surface area (Å²) in [7, 11) is -2.91. The molecule has 0 aliphatic carbocycles. The van der Waals surface area contributed by atoms with Crippen molar-refractivity contribution in [3.05, 3.63) is 45.2 Å². The lowest BCUT2D eigenvalue weighted by atomic mass is 10.0. The van der Waals surface area contributed by atoms with E-state index in [4.69, 9.17) is 11.6 Å². The van der Waals surface area contributed by atoms with Crippen molar-refractivity contribution < 1.29 is 8.42 Å².